The highest BCUT2D eigenvalue weighted by Gasteiger charge is 2.36. The number of carboxylic acid groups (broad SMARTS) is 1. The van der Waals surface area contributed by atoms with E-state index in [0.717, 1.165) is 35.1 Å². The summed E-state index contributed by atoms with van der Waals surface area (Å²) >= 11 is 0. The lowest BCUT2D eigenvalue weighted by Gasteiger charge is -2.19. The molecule has 0 radical (unpaired) electrons. The van der Waals surface area contributed by atoms with Gasteiger partial charge in [-0.3, -0.25) is 9.59 Å². The van der Waals surface area contributed by atoms with Crippen molar-refractivity contribution >= 4 is 18.0 Å². The van der Waals surface area contributed by atoms with E-state index in [1.54, 1.807) is 0 Å². The highest BCUT2D eigenvalue weighted by molar-refractivity contribution is 5.97. The number of benzene rings is 2. The fourth-order valence-electron chi connectivity index (χ4n) is 4.42. The number of hydrogen-bond acceptors (Lipinski definition) is 6. The summed E-state index contributed by atoms with van der Waals surface area (Å²) in [5, 5.41) is 15.5. The standard InChI is InChI=1S/C25H23N3O6/c29-23(30)12-28(15-9-10-15)24(31)21-14-34-27-22(21)11-26-25(32)33-13-20-18-7-3-1-5-16(18)17-6-2-4-8-19(17)20/h1-8,14-15,20H,9-13H2,(H,26,32)(H,29,30). The lowest BCUT2D eigenvalue weighted by Crippen LogP contribution is -2.38. The van der Waals surface area contributed by atoms with E-state index in [9.17, 15) is 14.4 Å². The molecule has 9 nitrogen and oxygen atoms in total. The van der Waals surface area contributed by atoms with Crippen LogP contribution in [0.3, 0.4) is 0 Å². The number of rotatable bonds is 8. The number of carbonyl (C=O) groups excluding carboxylic acids is 2. The zero-order valence-electron chi connectivity index (χ0n) is 18.3. The number of hydrogen-bond donors (Lipinski definition) is 2. The lowest BCUT2D eigenvalue weighted by molar-refractivity contribution is -0.137. The third-order valence-electron chi connectivity index (χ3n) is 6.17. The Hall–Kier alpha value is -4.14. The van der Waals surface area contributed by atoms with Gasteiger partial charge in [0, 0.05) is 12.0 Å². The molecule has 2 aromatic carbocycles. The number of fused-ring (bicyclic) bond motifs is 3. The Balaban J connectivity index is 1.21. The smallest absolute Gasteiger partial charge is 0.407 e. The summed E-state index contributed by atoms with van der Waals surface area (Å²) in [5.74, 6) is -1.63. The predicted octanol–water partition coefficient (Wildman–Crippen LogP) is 3.40. The molecule has 1 aromatic heterocycles. The minimum atomic E-state index is -1.09. The number of nitrogens with one attached hydrogen (secondary N) is 1. The van der Waals surface area contributed by atoms with Crippen molar-refractivity contribution in [1.29, 1.82) is 0 Å². The minimum Gasteiger partial charge on any atom is -0.480 e. The van der Waals surface area contributed by atoms with Crippen molar-refractivity contribution in [2.24, 2.45) is 0 Å². The molecular formula is C25H23N3O6. The highest BCUT2D eigenvalue weighted by atomic mass is 16.5. The summed E-state index contributed by atoms with van der Waals surface area (Å²) in [7, 11) is 0. The van der Waals surface area contributed by atoms with Crippen LogP contribution < -0.4 is 5.32 Å². The molecule has 2 amide bonds. The molecule has 2 N–H and O–H groups in total. The number of carbonyl (C=O) groups is 3. The van der Waals surface area contributed by atoms with Crippen LogP contribution in [0.25, 0.3) is 11.1 Å². The molecule has 0 aliphatic heterocycles. The highest BCUT2D eigenvalue weighted by Crippen LogP contribution is 2.44. The molecule has 0 saturated heterocycles. The first-order valence-corrected chi connectivity index (χ1v) is 11.1. The van der Waals surface area contributed by atoms with E-state index in [-0.39, 0.29) is 36.4 Å². The minimum absolute atomic E-state index is 0.0644. The fourth-order valence-corrected chi connectivity index (χ4v) is 4.42. The second kappa shape index (κ2) is 9.01. The molecule has 34 heavy (non-hydrogen) atoms. The third kappa shape index (κ3) is 4.24. The van der Waals surface area contributed by atoms with Gasteiger partial charge in [0.15, 0.2) is 0 Å². The SMILES string of the molecule is O=C(O)CN(C(=O)c1conc1CNC(=O)OCC1c2ccccc2-c2ccccc21)C1CC1. The summed E-state index contributed by atoms with van der Waals surface area (Å²) in [4.78, 5) is 37.7. The van der Waals surface area contributed by atoms with Gasteiger partial charge in [0.05, 0.1) is 6.54 Å². The molecule has 174 valence electrons. The monoisotopic (exact) mass is 461 g/mol. The first-order chi connectivity index (χ1) is 16.5. The van der Waals surface area contributed by atoms with Crippen molar-refractivity contribution in [2.75, 3.05) is 13.2 Å². The molecular weight excluding hydrogens is 438 g/mol. The summed E-state index contributed by atoms with van der Waals surface area (Å²) in [5.41, 5.74) is 4.85. The summed E-state index contributed by atoms with van der Waals surface area (Å²) in [6.45, 7) is -0.313. The number of aromatic nitrogens is 1. The van der Waals surface area contributed by atoms with Gasteiger partial charge in [0.1, 0.15) is 30.7 Å². The van der Waals surface area contributed by atoms with Gasteiger partial charge in [-0.1, -0.05) is 53.7 Å². The van der Waals surface area contributed by atoms with Crippen molar-refractivity contribution in [1.82, 2.24) is 15.4 Å². The maximum absolute atomic E-state index is 12.8. The Labute approximate surface area is 195 Å². The fraction of sp³-hybridized carbons (Fsp3) is 0.280. The summed E-state index contributed by atoms with van der Waals surface area (Å²) in [6, 6.07) is 16.0. The number of ether oxygens (including phenoxy) is 1. The van der Waals surface area contributed by atoms with Crippen molar-refractivity contribution in [3.63, 3.8) is 0 Å². The molecule has 2 aliphatic carbocycles. The molecule has 0 bridgehead atoms. The second-order valence-corrected chi connectivity index (χ2v) is 8.41. The maximum Gasteiger partial charge on any atom is 0.407 e. The van der Waals surface area contributed by atoms with Gasteiger partial charge in [-0.25, -0.2) is 4.79 Å². The second-order valence-electron chi connectivity index (χ2n) is 8.41. The van der Waals surface area contributed by atoms with Crippen LogP contribution >= 0.6 is 0 Å². The summed E-state index contributed by atoms with van der Waals surface area (Å²) in [6.07, 6.45) is 2.05. The Morgan fingerprint density at radius 3 is 2.32 bits per heavy atom. The van der Waals surface area contributed by atoms with E-state index in [4.69, 9.17) is 14.4 Å². The Morgan fingerprint density at radius 2 is 1.71 bits per heavy atom. The lowest BCUT2D eigenvalue weighted by atomic mass is 9.98. The predicted molar refractivity (Wildman–Crippen MR) is 120 cm³/mol. The molecule has 5 rings (SSSR count). The average molecular weight is 461 g/mol. The van der Waals surface area contributed by atoms with Gasteiger partial charge in [-0.15, -0.1) is 0 Å². The van der Waals surface area contributed by atoms with Crippen LogP contribution in [0.15, 0.2) is 59.3 Å². The average Bonchev–Trinajstić information content (AvgIpc) is 3.49. The largest absolute Gasteiger partial charge is 0.480 e. The van der Waals surface area contributed by atoms with Crippen molar-refractivity contribution in [2.45, 2.75) is 31.3 Å². The molecule has 0 atom stereocenters. The van der Waals surface area contributed by atoms with Gasteiger partial charge < -0.3 is 24.6 Å². The third-order valence-corrected chi connectivity index (χ3v) is 6.17. The molecule has 3 aromatic rings. The number of nitrogens with zero attached hydrogens (tertiary/aromatic N) is 2. The van der Waals surface area contributed by atoms with Gasteiger partial charge in [-0.05, 0) is 35.1 Å². The van der Waals surface area contributed by atoms with E-state index in [1.807, 2.05) is 36.4 Å². The van der Waals surface area contributed by atoms with Crippen LogP contribution in [0.2, 0.25) is 0 Å². The Kier molecular flexibility index (Phi) is 5.75. The van der Waals surface area contributed by atoms with Gasteiger partial charge in [-0.2, -0.15) is 0 Å². The number of alkyl carbamates (subject to hydrolysis) is 1. The van der Waals surface area contributed by atoms with Crippen LogP contribution in [0.4, 0.5) is 4.79 Å². The first kappa shape index (κ1) is 21.7. The Morgan fingerprint density at radius 1 is 1.06 bits per heavy atom. The molecule has 0 spiro atoms. The molecule has 1 heterocycles. The van der Waals surface area contributed by atoms with Crippen LogP contribution in [-0.4, -0.2) is 52.3 Å². The van der Waals surface area contributed by atoms with Gasteiger partial charge >= 0.3 is 12.1 Å². The van der Waals surface area contributed by atoms with Crippen LogP contribution in [-0.2, 0) is 16.1 Å². The zero-order chi connectivity index (χ0) is 23.7. The number of amides is 2. The van der Waals surface area contributed by atoms with Gasteiger partial charge in [0.2, 0.25) is 0 Å². The van der Waals surface area contributed by atoms with Gasteiger partial charge in [0.25, 0.3) is 5.91 Å². The maximum atomic E-state index is 12.8. The van der Waals surface area contributed by atoms with Crippen LogP contribution in [0.1, 0.15) is 45.9 Å². The van der Waals surface area contributed by atoms with E-state index < -0.39 is 24.5 Å². The van der Waals surface area contributed by atoms with Crippen LogP contribution in [0.5, 0.6) is 0 Å². The normalized spacial score (nSPS) is 14.2. The van der Waals surface area contributed by atoms with E-state index in [0.29, 0.717) is 0 Å². The summed E-state index contributed by atoms with van der Waals surface area (Å²) < 4.78 is 10.4. The van der Waals surface area contributed by atoms with Crippen molar-refractivity contribution < 1.29 is 28.8 Å². The quantitative estimate of drug-likeness (QED) is 0.527. The van der Waals surface area contributed by atoms with E-state index >= 15 is 0 Å². The molecule has 1 fully saturated rings. The number of carboxylic acids is 1. The molecule has 9 heteroatoms. The van der Waals surface area contributed by atoms with E-state index in [2.05, 4.69) is 22.6 Å². The first-order valence-electron chi connectivity index (χ1n) is 11.1. The van der Waals surface area contributed by atoms with Crippen molar-refractivity contribution in [3.8, 4) is 11.1 Å². The Bertz CT molecular complexity index is 1200. The zero-order valence-corrected chi connectivity index (χ0v) is 18.3. The van der Waals surface area contributed by atoms with Crippen molar-refractivity contribution in [3.05, 3.63) is 77.2 Å². The number of aliphatic carboxylic acids is 1. The molecule has 0 unspecified atom stereocenters. The van der Waals surface area contributed by atoms with Crippen LogP contribution in [0, 0.1) is 0 Å². The topological polar surface area (TPSA) is 122 Å². The van der Waals surface area contributed by atoms with E-state index in [1.165, 1.54) is 11.2 Å². The molecule has 1 saturated carbocycles. The molecule has 2 aliphatic rings.